The van der Waals surface area contributed by atoms with Crippen molar-refractivity contribution < 1.29 is 0 Å². The lowest BCUT2D eigenvalue weighted by atomic mass is 10.2. The first-order valence-electron chi connectivity index (χ1n) is 6.17. The fourth-order valence-corrected chi connectivity index (χ4v) is 3.00. The Bertz CT molecular complexity index is 733. The molecule has 4 heteroatoms. The molecule has 3 aromatic rings. The molecule has 0 radical (unpaired) electrons. The minimum Gasteiger partial charge on any atom is -0.328 e. The normalized spacial score (nSPS) is 10.9. The Morgan fingerprint density at radius 3 is 2.74 bits per heavy atom. The van der Waals surface area contributed by atoms with Gasteiger partial charge in [-0.2, -0.15) is 0 Å². The van der Waals surface area contributed by atoms with Crippen LogP contribution in [0.15, 0.2) is 35.7 Å². The van der Waals surface area contributed by atoms with Gasteiger partial charge >= 0.3 is 0 Å². The molecule has 0 N–H and O–H groups in total. The maximum Gasteiger partial charge on any atom is 0.154 e. The van der Waals surface area contributed by atoms with Crippen LogP contribution in [0.2, 0.25) is 0 Å². The van der Waals surface area contributed by atoms with Crippen molar-refractivity contribution in [3.63, 3.8) is 0 Å². The number of aromatic nitrogens is 2. The van der Waals surface area contributed by atoms with Crippen LogP contribution in [0.1, 0.15) is 11.4 Å². The van der Waals surface area contributed by atoms with E-state index in [1.807, 2.05) is 13.0 Å². The van der Waals surface area contributed by atoms with Crippen LogP contribution in [0.5, 0.6) is 0 Å². The van der Waals surface area contributed by atoms with Crippen molar-refractivity contribution in [2.45, 2.75) is 13.8 Å². The average molecular weight is 269 g/mol. The molecule has 0 saturated carbocycles. The molecule has 0 aliphatic rings. The predicted octanol–water partition coefficient (Wildman–Crippen LogP) is 4.08. The first kappa shape index (κ1) is 12.1. The smallest absolute Gasteiger partial charge is 0.154 e. The number of nitrogens with zero attached hydrogens (tertiary/aromatic N) is 3. The summed E-state index contributed by atoms with van der Waals surface area (Å²) in [5.41, 5.74) is 3.41. The topological polar surface area (TPSA) is 29.0 Å². The highest BCUT2D eigenvalue weighted by Gasteiger charge is 2.12. The number of anilines is 2. The van der Waals surface area contributed by atoms with Crippen LogP contribution in [0.25, 0.3) is 10.2 Å². The summed E-state index contributed by atoms with van der Waals surface area (Å²) >= 11 is 1.68. The van der Waals surface area contributed by atoms with Crippen LogP contribution in [-0.2, 0) is 0 Å². The van der Waals surface area contributed by atoms with Crippen molar-refractivity contribution in [3.8, 4) is 0 Å². The van der Waals surface area contributed by atoms with Crippen LogP contribution in [-0.4, -0.2) is 17.0 Å². The van der Waals surface area contributed by atoms with Crippen molar-refractivity contribution in [1.29, 1.82) is 0 Å². The van der Waals surface area contributed by atoms with E-state index in [1.54, 1.807) is 11.3 Å². The van der Waals surface area contributed by atoms with E-state index in [0.29, 0.717) is 0 Å². The van der Waals surface area contributed by atoms with E-state index < -0.39 is 0 Å². The molecule has 0 spiro atoms. The van der Waals surface area contributed by atoms with Gasteiger partial charge in [0.2, 0.25) is 0 Å². The Labute approximate surface area is 116 Å². The zero-order valence-corrected chi connectivity index (χ0v) is 12.0. The molecule has 0 amide bonds. The number of rotatable bonds is 2. The van der Waals surface area contributed by atoms with Crippen molar-refractivity contribution >= 4 is 33.1 Å². The molecule has 0 aliphatic carbocycles. The van der Waals surface area contributed by atoms with Crippen LogP contribution < -0.4 is 4.90 Å². The maximum absolute atomic E-state index is 4.60. The monoisotopic (exact) mass is 269 g/mol. The second-order valence-corrected chi connectivity index (χ2v) is 5.54. The molecule has 96 valence electrons. The van der Waals surface area contributed by atoms with Gasteiger partial charge in [0, 0.05) is 12.7 Å². The highest BCUT2D eigenvalue weighted by molar-refractivity contribution is 7.17. The zero-order valence-electron chi connectivity index (χ0n) is 11.2. The number of thiophene rings is 1. The molecule has 2 aromatic heterocycles. The Kier molecular flexibility index (Phi) is 2.95. The Morgan fingerprint density at radius 1 is 1.11 bits per heavy atom. The summed E-state index contributed by atoms with van der Waals surface area (Å²) in [5, 5.41) is 2.06. The van der Waals surface area contributed by atoms with E-state index >= 15 is 0 Å². The van der Waals surface area contributed by atoms with E-state index in [1.165, 1.54) is 5.56 Å². The van der Waals surface area contributed by atoms with Gasteiger partial charge in [0.15, 0.2) is 5.82 Å². The number of hydrogen-bond donors (Lipinski definition) is 0. The predicted molar refractivity (Wildman–Crippen MR) is 81.4 cm³/mol. The minimum atomic E-state index is 0.806. The van der Waals surface area contributed by atoms with Gasteiger partial charge in [-0.15, -0.1) is 11.3 Å². The van der Waals surface area contributed by atoms with Crippen molar-refractivity contribution in [3.05, 3.63) is 47.1 Å². The summed E-state index contributed by atoms with van der Waals surface area (Å²) in [6, 6.07) is 10.5. The summed E-state index contributed by atoms with van der Waals surface area (Å²) in [6.45, 7) is 4.04. The molecule has 0 aliphatic heterocycles. The highest BCUT2D eigenvalue weighted by atomic mass is 32.1. The number of hydrogen-bond acceptors (Lipinski definition) is 4. The molecule has 19 heavy (non-hydrogen) atoms. The largest absolute Gasteiger partial charge is 0.328 e. The molecule has 0 bridgehead atoms. The molecule has 0 unspecified atom stereocenters. The number of aryl methyl sites for hydroxylation is 2. The first-order chi connectivity index (χ1) is 9.15. The molecule has 1 aromatic carbocycles. The van der Waals surface area contributed by atoms with Crippen LogP contribution in [0, 0.1) is 13.8 Å². The molecule has 3 nitrogen and oxygen atoms in total. The second kappa shape index (κ2) is 4.63. The van der Waals surface area contributed by atoms with Crippen LogP contribution in [0.4, 0.5) is 11.5 Å². The van der Waals surface area contributed by atoms with Gasteiger partial charge in [0.05, 0.1) is 10.2 Å². The van der Waals surface area contributed by atoms with Crippen LogP contribution >= 0.6 is 11.3 Å². The van der Waals surface area contributed by atoms with Gasteiger partial charge in [-0.1, -0.05) is 12.1 Å². The van der Waals surface area contributed by atoms with Gasteiger partial charge in [0.1, 0.15) is 5.82 Å². The van der Waals surface area contributed by atoms with Gasteiger partial charge in [-0.05, 0) is 43.0 Å². The quantitative estimate of drug-likeness (QED) is 0.702. The fraction of sp³-hybridized carbons (Fsp3) is 0.200. The number of fused-ring (bicyclic) bond motifs is 1. The number of benzene rings is 1. The third-order valence-electron chi connectivity index (χ3n) is 3.10. The van der Waals surface area contributed by atoms with Crippen LogP contribution in [0.3, 0.4) is 0 Å². The third-order valence-corrected chi connectivity index (χ3v) is 4.00. The summed E-state index contributed by atoms with van der Waals surface area (Å²) in [4.78, 5) is 11.2. The SMILES string of the molecule is Cc1cccc(N(C)c2nc(C)nc3ccsc23)c1. The highest BCUT2D eigenvalue weighted by Crippen LogP contribution is 2.32. The van der Waals surface area contributed by atoms with E-state index in [-0.39, 0.29) is 0 Å². The fourth-order valence-electron chi connectivity index (χ4n) is 2.15. The molecule has 3 rings (SSSR count). The van der Waals surface area contributed by atoms with E-state index in [4.69, 9.17) is 0 Å². The van der Waals surface area contributed by atoms with E-state index in [0.717, 1.165) is 27.5 Å². The Hall–Kier alpha value is -1.94. The van der Waals surface area contributed by atoms with Gasteiger partial charge in [-0.25, -0.2) is 9.97 Å². The van der Waals surface area contributed by atoms with Gasteiger partial charge in [0.25, 0.3) is 0 Å². The average Bonchev–Trinajstić information content (AvgIpc) is 2.85. The van der Waals surface area contributed by atoms with E-state index in [9.17, 15) is 0 Å². The Morgan fingerprint density at radius 2 is 1.95 bits per heavy atom. The molecule has 0 fully saturated rings. The lowest BCUT2D eigenvalue weighted by Crippen LogP contribution is -2.12. The zero-order chi connectivity index (χ0) is 13.4. The van der Waals surface area contributed by atoms with Gasteiger partial charge in [-0.3, -0.25) is 0 Å². The van der Waals surface area contributed by atoms with E-state index in [2.05, 4.69) is 58.5 Å². The van der Waals surface area contributed by atoms with Crippen molar-refractivity contribution in [2.75, 3.05) is 11.9 Å². The molecule has 0 atom stereocenters. The third kappa shape index (κ3) is 2.19. The van der Waals surface area contributed by atoms with Crippen molar-refractivity contribution in [1.82, 2.24) is 9.97 Å². The molecule has 2 heterocycles. The lowest BCUT2D eigenvalue weighted by Gasteiger charge is -2.19. The molecular weight excluding hydrogens is 254 g/mol. The van der Waals surface area contributed by atoms with Gasteiger partial charge < -0.3 is 4.90 Å². The van der Waals surface area contributed by atoms with Crippen molar-refractivity contribution in [2.24, 2.45) is 0 Å². The minimum absolute atomic E-state index is 0.806. The summed E-state index contributed by atoms with van der Waals surface area (Å²) < 4.78 is 1.13. The standard InChI is InChI=1S/C15H15N3S/c1-10-5-4-6-12(9-10)18(3)15-14-13(7-8-19-14)16-11(2)17-15/h4-9H,1-3H3. The summed E-state index contributed by atoms with van der Waals surface area (Å²) in [7, 11) is 2.05. The maximum atomic E-state index is 4.60. The summed E-state index contributed by atoms with van der Waals surface area (Å²) in [6.07, 6.45) is 0. The lowest BCUT2D eigenvalue weighted by molar-refractivity contribution is 1.05. The second-order valence-electron chi connectivity index (χ2n) is 4.63. The first-order valence-corrected chi connectivity index (χ1v) is 7.05. The summed E-state index contributed by atoms with van der Waals surface area (Å²) in [5.74, 6) is 1.78. The molecule has 0 saturated heterocycles. The Balaban J connectivity index is 2.15. The molecular formula is C15H15N3S.